The highest BCUT2D eigenvalue weighted by atomic mass is 15.3. The van der Waals surface area contributed by atoms with Gasteiger partial charge in [-0.15, -0.1) is 0 Å². The Labute approximate surface area is 126 Å². The molecule has 0 aromatic carbocycles. The molecule has 1 saturated carbocycles. The van der Waals surface area contributed by atoms with Crippen LogP contribution >= 0.6 is 0 Å². The van der Waals surface area contributed by atoms with Gasteiger partial charge in [-0.25, -0.2) is 4.98 Å². The summed E-state index contributed by atoms with van der Waals surface area (Å²) >= 11 is 0. The van der Waals surface area contributed by atoms with Gasteiger partial charge in [0, 0.05) is 31.2 Å². The van der Waals surface area contributed by atoms with Crippen LogP contribution in [-0.4, -0.2) is 20.8 Å². The molecule has 1 N–H and O–H groups in total. The van der Waals surface area contributed by atoms with Crippen LogP contribution in [0.5, 0.6) is 0 Å². The van der Waals surface area contributed by atoms with Crippen molar-refractivity contribution in [2.75, 3.05) is 0 Å². The third-order valence-corrected chi connectivity index (χ3v) is 5.11. The summed E-state index contributed by atoms with van der Waals surface area (Å²) in [5.74, 6) is 1.71. The highest BCUT2D eigenvalue weighted by Gasteiger charge is 2.24. The number of rotatable bonds is 3. The second-order valence-electron chi connectivity index (χ2n) is 6.77. The molecule has 3 atom stereocenters. The van der Waals surface area contributed by atoms with E-state index in [0.29, 0.717) is 6.04 Å². The van der Waals surface area contributed by atoms with E-state index in [1.807, 2.05) is 24.9 Å². The maximum absolute atomic E-state index is 4.55. The zero-order valence-corrected chi connectivity index (χ0v) is 13.6. The highest BCUT2D eigenvalue weighted by molar-refractivity contribution is 5.78. The van der Waals surface area contributed by atoms with E-state index in [4.69, 9.17) is 0 Å². The third kappa shape index (κ3) is 2.95. The van der Waals surface area contributed by atoms with Crippen molar-refractivity contribution >= 4 is 11.0 Å². The lowest BCUT2D eigenvalue weighted by Crippen LogP contribution is -2.35. The van der Waals surface area contributed by atoms with Crippen molar-refractivity contribution in [3.63, 3.8) is 0 Å². The van der Waals surface area contributed by atoms with Crippen molar-refractivity contribution < 1.29 is 0 Å². The Morgan fingerprint density at radius 1 is 1.29 bits per heavy atom. The quantitative estimate of drug-likeness (QED) is 0.942. The zero-order valence-electron chi connectivity index (χ0n) is 13.6. The van der Waals surface area contributed by atoms with Gasteiger partial charge in [-0.3, -0.25) is 4.68 Å². The Bertz CT molecular complexity index is 631. The molecule has 0 aliphatic heterocycles. The Morgan fingerprint density at radius 2 is 2.10 bits per heavy atom. The SMILES string of the molecule is Cc1nn(C)c2ncc(CNC3CCC(C)C(C)C3)cc12. The van der Waals surface area contributed by atoms with E-state index < -0.39 is 0 Å². The normalized spacial score (nSPS) is 26.4. The highest BCUT2D eigenvalue weighted by Crippen LogP contribution is 2.29. The van der Waals surface area contributed by atoms with Crippen molar-refractivity contribution in [2.24, 2.45) is 18.9 Å². The Kier molecular flexibility index (Phi) is 3.98. The molecule has 2 aromatic rings. The standard InChI is InChI=1S/C17H26N4/c1-11-5-6-15(7-12(11)2)18-9-14-8-16-13(3)20-21(4)17(16)19-10-14/h8,10-12,15,18H,5-7,9H2,1-4H3. The van der Waals surface area contributed by atoms with Gasteiger partial charge in [0.1, 0.15) is 0 Å². The maximum Gasteiger partial charge on any atom is 0.157 e. The Morgan fingerprint density at radius 3 is 2.86 bits per heavy atom. The Hall–Kier alpha value is -1.42. The summed E-state index contributed by atoms with van der Waals surface area (Å²) in [5.41, 5.74) is 3.28. The van der Waals surface area contributed by atoms with Crippen molar-refractivity contribution in [3.05, 3.63) is 23.5 Å². The predicted molar refractivity (Wildman–Crippen MR) is 86.1 cm³/mol. The summed E-state index contributed by atoms with van der Waals surface area (Å²) in [6, 6.07) is 2.88. The van der Waals surface area contributed by atoms with E-state index in [2.05, 4.69) is 35.3 Å². The van der Waals surface area contributed by atoms with Crippen molar-refractivity contribution in [3.8, 4) is 0 Å². The molecule has 114 valence electrons. The van der Waals surface area contributed by atoms with Crippen LogP contribution < -0.4 is 5.32 Å². The molecule has 3 unspecified atom stereocenters. The maximum atomic E-state index is 4.55. The summed E-state index contributed by atoms with van der Waals surface area (Å²) < 4.78 is 1.85. The first kappa shape index (κ1) is 14.5. The van der Waals surface area contributed by atoms with E-state index in [1.54, 1.807) is 0 Å². The monoisotopic (exact) mass is 286 g/mol. The second-order valence-corrected chi connectivity index (χ2v) is 6.77. The second kappa shape index (κ2) is 5.76. The molecule has 4 heteroatoms. The van der Waals surface area contributed by atoms with E-state index in [0.717, 1.165) is 29.7 Å². The molecule has 0 amide bonds. The molecule has 1 aliphatic rings. The van der Waals surface area contributed by atoms with Gasteiger partial charge in [-0.05, 0) is 49.7 Å². The average molecular weight is 286 g/mol. The fraction of sp³-hybridized carbons (Fsp3) is 0.647. The van der Waals surface area contributed by atoms with Crippen LogP contribution in [-0.2, 0) is 13.6 Å². The lowest BCUT2D eigenvalue weighted by Gasteiger charge is -2.32. The minimum absolute atomic E-state index is 0.655. The zero-order chi connectivity index (χ0) is 15.0. The lowest BCUT2D eigenvalue weighted by molar-refractivity contribution is 0.225. The smallest absolute Gasteiger partial charge is 0.157 e. The van der Waals surface area contributed by atoms with Gasteiger partial charge in [-0.2, -0.15) is 5.10 Å². The van der Waals surface area contributed by atoms with Crippen LogP contribution in [0.4, 0.5) is 0 Å². The van der Waals surface area contributed by atoms with Crippen molar-refractivity contribution in [1.82, 2.24) is 20.1 Å². The molecule has 3 rings (SSSR count). The Balaban J connectivity index is 1.67. The molecular weight excluding hydrogens is 260 g/mol. The lowest BCUT2D eigenvalue weighted by atomic mass is 9.79. The minimum Gasteiger partial charge on any atom is -0.310 e. The number of nitrogens with one attached hydrogen (secondary N) is 1. The molecule has 1 fully saturated rings. The molecule has 2 aromatic heterocycles. The molecular formula is C17H26N4. The summed E-state index contributed by atoms with van der Waals surface area (Å²) in [7, 11) is 1.95. The van der Waals surface area contributed by atoms with E-state index >= 15 is 0 Å². The van der Waals surface area contributed by atoms with Crippen LogP contribution in [0.15, 0.2) is 12.3 Å². The number of fused-ring (bicyclic) bond motifs is 1. The van der Waals surface area contributed by atoms with Gasteiger partial charge in [0.15, 0.2) is 5.65 Å². The summed E-state index contributed by atoms with van der Waals surface area (Å²) in [6.07, 6.45) is 5.92. The van der Waals surface area contributed by atoms with E-state index in [-0.39, 0.29) is 0 Å². The number of aryl methyl sites for hydroxylation is 2. The molecule has 4 nitrogen and oxygen atoms in total. The van der Waals surface area contributed by atoms with Crippen LogP contribution in [0, 0.1) is 18.8 Å². The minimum atomic E-state index is 0.655. The molecule has 0 spiro atoms. The summed E-state index contributed by atoms with van der Waals surface area (Å²) in [6.45, 7) is 7.71. The van der Waals surface area contributed by atoms with E-state index in [9.17, 15) is 0 Å². The number of pyridine rings is 1. The molecule has 0 saturated heterocycles. The average Bonchev–Trinajstić information content (AvgIpc) is 2.75. The summed E-state index contributed by atoms with van der Waals surface area (Å²) in [5, 5.41) is 9.31. The number of nitrogens with zero attached hydrogens (tertiary/aromatic N) is 3. The largest absolute Gasteiger partial charge is 0.310 e. The van der Waals surface area contributed by atoms with Gasteiger partial charge in [0.2, 0.25) is 0 Å². The van der Waals surface area contributed by atoms with Crippen LogP contribution in [0.25, 0.3) is 11.0 Å². The molecule has 21 heavy (non-hydrogen) atoms. The van der Waals surface area contributed by atoms with Gasteiger partial charge in [-0.1, -0.05) is 13.8 Å². The number of hydrogen-bond acceptors (Lipinski definition) is 3. The van der Waals surface area contributed by atoms with E-state index in [1.165, 1.54) is 30.2 Å². The first-order valence-electron chi connectivity index (χ1n) is 8.06. The predicted octanol–water partition coefficient (Wildman–Crippen LogP) is 3.19. The first-order chi connectivity index (χ1) is 10.0. The number of aromatic nitrogens is 3. The van der Waals surface area contributed by atoms with Gasteiger partial charge < -0.3 is 5.32 Å². The van der Waals surface area contributed by atoms with Crippen LogP contribution in [0.3, 0.4) is 0 Å². The molecule has 0 radical (unpaired) electrons. The van der Waals surface area contributed by atoms with Gasteiger partial charge in [0.05, 0.1) is 5.69 Å². The topological polar surface area (TPSA) is 42.7 Å². The fourth-order valence-electron chi connectivity index (χ4n) is 3.44. The summed E-state index contributed by atoms with van der Waals surface area (Å²) in [4.78, 5) is 4.55. The third-order valence-electron chi connectivity index (χ3n) is 5.11. The van der Waals surface area contributed by atoms with Gasteiger partial charge >= 0.3 is 0 Å². The number of hydrogen-bond donors (Lipinski definition) is 1. The molecule has 1 aliphatic carbocycles. The molecule has 2 heterocycles. The molecule has 0 bridgehead atoms. The van der Waals surface area contributed by atoms with Crippen LogP contribution in [0.1, 0.15) is 44.4 Å². The van der Waals surface area contributed by atoms with Crippen molar-refractivity contribution in [1.29, 1.82) is 0 Å². The first-order valence-corrected chi connectivity index (χ1v) is 8.06. The fourth-order valence-corrected chi connectivity index (χ4v) is 3.44. The van der Waals surface area contributed by atoms with Crippen molar-refractivity contribution in [2.45, 2.75) is 52.6 Å². The van der Waals surface area contributed by atoms with Gasteiger partial charge in [0.25, 0.3) is 0 Å². The van der Waals surface area contributed by atoms with Crippen LogP contribution in [0.2, 0.25) is 0 Å².